The van der Waals surface area contributed by atoms with Gasteiger partial charge in [-0.25, -0.2) is 4.79 Å². The highest BCUT2D eigenvalue weighted by atomic mass is 16.6. The number of amides is 1. The molecule has 0 spiro atoms. The predicted octanol–water partition coefficient (Wildman–Crippen LogP) is 3.28. The third-order valence-electron chi connectivity index (χ3n) is 2.30. The second-order valence-electron chi connectivity index (χ2n) is 5.50. The Balaban J connectivity index is 2.40. The van der Waals surface area contributed by atoms with Gasteiger partial charge in [-0.1, -0.05) is 0 Å². The van der Waals surface area contributed by atoms with Crippen molar-refractivity contribution in [1.82, 2.24) is 0 Å². The number of anilines is 1. The fraction of sp³-hybridized carbons (Fsp3) is 0.467. The van der Waals surface area contributed by atoms with Crippen LogP contribution >= 0.6 is 0 Å². The average molecular weight is 295 g/mol. The molecule has 0 aliphatic rings. The monoisotopic (exact) mass is 295 g/mol. The molecule has 6 heteroatoms. The van der Waals surface area contributed by atoms with E-state index < -0.39 is 17.7 Å². The summed E-state index contributed by atoms with van der Waals surface area (Å²) in [4.78, 5) is 21.9. The van der Waals surface area contributed by atoms with Crippen LogP contribution in [0.3, 0.4) is 0 Å². The molecule has 0 saturated carbocycles. The number of ether oxygens (including phenoxy) is 2. The van der Waals surface area contributed by atoms with Crippen molar-refractivity contribution in [3.05, 3.63) is 24.3 Å². The molecule has 2 N–H and O–H groups in total. The molecule has 0 aliphatic carbocycles. The molecular formula is C15H21NO5. The van der Waals surface area contributed by atoms with Crippen LogP contribution in [0.1, 0.15) is 33.6 Å². The molecule has 0 bridgehead atoms. The fourth-order valence-electron chi connectivity index (χ4n) is 1.47. The van der Waals surface area contributed by atoms with Crippen LogP contribution in [0.5, 0.6) is 5.75 Å². The average Bonchev–Trinajstić information content (AvgIpc) is 2.34. The fourth-order valence-corrected chi connectivity index (χ4v) is 1.47. The van der Waals surface area contributed by atoms with Crippen molar-refractivity contribution in [3.8, 4) is 5.75 Å². The van der Waals surface area contributed by atoms with Gasteiger partial charge < -0.3 is 14.6 Å². The minimum absolute atomic E-state index is 0.0816. The van der Waals surface area contributed by atoms with Gasteiger partial charge in [0.1, 0.15) is 11.4 Å². The van der Waals surface area contributed by atoms with Crippen LogP contribution < -0.4 is 10.1 Å². The van der Waals surface area contributed by atoms with Crippen LogP contribution in [0.25, 0.3) is 0 Å². The van der Waals surface area contributed by atoms with Gasteiger partial charge in [0.05, 0.1) is 6.61 Å². The van der Waals surface area contributed by atoms with Gasteiger partial charge in [-0.2, -0.15) is 0 Å². The quantitative estimate of drug-likeness (QED) is 0.787. The molecule has 0 fully saturated rings. The summed E-state index contributed by atoms with van der Waals surface area (Å²) in [6, 6.07) is 6.79. The first-order valence-corrected chi connectivity index (χ1v) is 6.71. The summed E-state index contributed by atoms with van der Waals surface area (Å²) < 4.78 is 10.5. The van der Waals surface area contributed by atoms with Crippen molar-refractivity contribution in [2.75, 3.05) is 11.9 Å². The van der Waals surface area contributed by atoms with E-state index in [-0.39, 0.29) is 6.42 Å². The maximum absolute atomic E-state index is 11.6. The molecule has 0 unspecified atom stereocenters. The Kier molecular flexibility index (Phi) is 6.02. The van der Waals surface area contributed by atoms with E-state index >= 15 is 0 Å². The van der Waals surface area contributed by atoms with E-state index in [1.807, 2.05) is 0 Å². The lowest BCUT2D eigenvalue weighted by atomic mass is 10.2. The van der Waals surface area contributed by atoms with Gasteiger partial charge in [-0.05, 0) is 51.5 Å². The van der Waals surface area contributed by atoms with Gasteiger partial charge in [0.15, 0.2) is 0 Å². The zero-order chi connectivity index (χ0) is 15.9. The molecule has 1 amide bonds. The van der Waals surface area contributed by atoms with E-state index in [0.717, 1.165) is 0 Å². The number of nitrogens with one attached hydrogen (secondary N) is 1. The first-order chi connectivity index (χ1) is 9.76. The van der Waals surface area contributed by atoms with Crippen LogP contribution in [-0.4, -0.2) is 29.4 Å². The second-order valence-corrected chi connectivity index (χ2v) is 5.50. The van der Waals surface area contributed by atoms with Gasteiger partial charge in [-0.15, -0.1) is 0 Å². The number of rotatable bonds is 6. The maximum atomic E-state index is 11.6. The van der Waals surface area contributed by atoms with Gasteiger partial charge in [0.2, 0.25) is 0 Å². The Morgan fingerprint density at radius 1 is 1.19 bits per heavy atom. The maximum Gasteiger partial charge on any atom is 0.412 e. The molecule has 6 nitrogen and oxygen atoms in total. The normalized spacial score (nSPS) is 10.8. The lowest BCUT2D eigenvalue weighted by molar-refractivity contribution is -0.137. The standard InChI is InChI=1S/C15H21NO5/c1-15(2,3)21-14(19)16-11-6-8-12(9-7-11)20-10-4-5-13(17)18/h6-9H,4-5,10H2,1-3H3,(H,16,19)(H,17,18). The topological polar surface area (TPSA) is 84.9 Å². The van der Waals surface area contributed by atoms with E-state index in [0.29, 0.717) is 24.5 Å². The van der Waals surface area contributed by atoms with Gasteiger partial charge in [-0.3, -0.25) is 10.1 Å². The third kappa shape index (κ3) is 7.81. The highest BCUT2D eigenvalue weighted by molar-refractivity contribution is 5.84. The van der Waals surface area contributed by atoms with E-state index in [4.69, 9.17) is 14.6 Å². The summed E-state index contributed by atoms with van der Waals surface area (Å²) in [5, 5.41) is 11.1. The first kappa shape index (κ1) is 16.8. The number of aliphatic carboxylic acids is 1. The number of hydrogen-bond acceptors (Lipinski definition) is 4. The minimum Gasteiger partial charge on any atom is -0.494 e. The summed E-state index contributed by atoms with van der Waals surface area (Å²) in [6.45, 7) is 5.72. The molecule has 21 heavy (non-hydrogen) atoms. The zero-order valence-electron chi connectivity index (χ0n) is 12.5. The number of carboxylic acids is 1. The molecule has 0 heterocycles. The highest BCUT2D eigenvalue weighted by Gasteiger charge is 2.16. The van der Waals surface area contributed by atoms with E-state index in [9.17, 15) is 9.59 Å². The van der Waals surface area contributed by atoms with Crippen molar-refractivity contribution >= 4 is 17.7 Å². The van der Waals surface area contributed by atoms with Gasteiger partial charge >= 0.3 is 12.1 Å². The van der Waals surface area contributed by atoms with Crippen molar-refractivity contribution in [2.45, 2.75) is 39.2 Å². The summed E-state index contributed by atoms with van der Waals surface area (Å²) >= 11 is 0. The van der Waals surface area contributed by atoms with Crippen LogP contribution in [0.2, 0.25) is 0 Å². The molecule has 0 saturated heterocycles. The molecule has 0 aliphatic heterocycles. The number of benzene rings is 1. The smallest absolute Gasteiger partial charge is 0.412 e. The summed E-state index contributed by atoms with van der Waals surface area (Å²) in [6.07, 6.45) is 0.0172. The van der Waals surface area contributed by atoms with Gasteiger partial charge in [0.25, 0.3) is 0 Å². The Morgan fingerprint density at radius 3 is 2.33 bits per heavy atom. The largest absolute Gasteiger partial charge is 0.494 e. The zero-order valence-corrected chi connectivity index (χ0v) is 12.5. The number of carboxylic acid groups (broad SMARTS) is 1. The van der Waals surface area contributed by atoms with Crippen LogP contribution in [-0.2, 0) is 9.53 Å². The molecule has 0 radical (unpaired) electrons. The summed E-state index contributed by atoms with van der Waals surface area (Å²) in [5.74, 6) is -0.217. The van der Waals surface area contributed by atoms with E-state index in [2.05, 4.69) is 5.32 Å². The number of carbonyl (C=O) groups is 2. The van der Waals surface area contributed by atoms with E-state index in [1.54, 1.807) is 45.0 Å². The van der Waals surface area contributed by atoms with Crippen molar-refractivity contribution in [1.29, 1.82) is 0 Å². The second kappa shape index (κ2) is 7.52. The highest BCUT2D eigenvalue weighted by Crippen LogP contribution is 2.17. The lowest BCUT2D eigenvalue weighted by Crippen LogP contribution is -2.27. The molecular weight excluding hydrogens is 274 g/mol. The van der Waals surface area contributed by atoms with Crippen molar-refractivity contribution in [2.24, 2.45) is 0 Å². The lowest BCUT2D eigenvalue weighted by Gasteiger charge is -2.19. The summed E-state index contributed by atoms with van der Waals surface area (Å²) in [7, 11) is 0. The van der Waals surface area contributed by atoms with Crippen LogP contribution in [0.15, 0.2) is 24.3 Å². The Bertz CT molecular complexity index is 476. The molecule has 0 atom stereocenters. The molecule has 1 aromatic rings. The van der Waals surface area contributed by atoms with Crippen LogP contribution in [0, 0.1) is 0 Å². The Morgan fingerprint density at radius 2 is 1.81 bits per heavy atom. The molecule has 1 rings (SSSR count). The third-order valence-corrected chi connectivity index (χ3v) is 2.30. The summed E-state index contributed by atoms with van der Waals surface area (Å²) in [5.41, 5.74) is 0.0548. The van der Waals surface area contributed by atoms with Crippen LogP contribution in [0.4, 0.5) is 10.5 Å². The Labute approximate surface area is 124 Å². The first-order valence-electron chi connectivity index (χ1n) is 6.71. The predicted molar refractivity (Wildman–Crippen MR) is 78.7 cm³/mol. The van der Waals surface area contributed by atoms with Gasteiger partial charge in [0, 0.05) is 12.1 Å². The Hall–Kier alpha value is -2.24. The minimum atomic E-state index is -0.837. The van der Waals surface area contributed by atoms with E-state index in [1.165, 1.54) is 0 Å². The number of hydrogen-bond donors (Lipinski definition) is 2. The number of carbonyl (C=O) groups excluding carboxylic acids is 1. The SMILES string of the molecule is CC(C)(C)OC(=O)Nc1ccc(OCCCC(=O)O)cc1. The molecule has 0 aromatic heterocycles. The van der Waals surface area contributed by atoms with Crippen molar-refractivity contribution in [3.63, 3.8) is 0 Å². The van der Waals surface area contributed by atoms with Crippen molar-refractivity contribution < 1.29 is 24.2 Å². The molecule has 1 aromatic carbocycles. The molecule has 116 valence electrons.